The van der Waals surface area contributed by atoms with Gasteiger partial charge in [-0.2, -0.15) is 11.8 Å². The zero-order valence-electron chi connectivity index (χ0n) is 12.6. The Hall–Kier alpha value is -1.64. The number of aliphatic hydroxyl groups excluding tert-OH is 1. The summed E-state index contributed by atoms with van der Waals surface area (Å²) in [4.78, 5) is 12.1. The maximum atomic E-state index is 12.1. The minimum Gasteiger partial charge on any atom is -0.495 e. The molecule has 1 atom stereocenters. The van der Waals surface area contributed by atoms with E-state index in [0.717, 1.165) is 0 Å². The van der Waals surface area contributed by atoms with Crippen molar-refractivity contribution < 1.29 is 14.6 Å². The summed E-state index contributed by atoms with van der Waals surface area (Å²) in [5.41, 5.74) is 1.20. The predicted molar refractivity (Wildman–Crippen MR) is 86.9 cm³/mol. The SMILES string of the molecule is COc1ccc(C(=O)NCC(C)SC)cc1C#CCCO. The lowest BCUT2D eigenvalue weighted by molar-refractivity contribution is 0.0954. The number of benzene rings is 1. The molecule has 1 unspecified atom stereocenters. The van der Waals surface area contributed by atoms with Gasteiger partial charge in [0, 0.05) is 23.8 Å². The van der Waals surface area contributed by atoms with Crippen molar-refractivity contribution in [3.63, 3.8) is 0 Å². The molecule has 4 nitrogen and oxygen atoms in total. The summed E-state index contributed by atoms with van der Waals surface area (Å²) in [6.45, 7) is 2.70. The van der Waals surface area contributed by atoms with Crippen LogP contribution in [-0.2, 0) is 0 Å². The number of carbonyl (C=O) groups excluding carboxylic acids is 1. The quantitative estimate of drug-likeness (QED) is 0.788. The number of methoxy groups -OCH3 is 1. The second kappa shape index (κ2) is 9.32. The number of rotatable bonds is 6. The lowest BCUT2D eigenvalue weighted by Crippen LogP contribution is -2.29. The van der Waals surface area contributed by atoms with Gasteiger partial charge < -0.3 is 15.2 Å². The van der Waals surface area contributed by atoms with Gasteiger partial charge in [0.15, 0.2) is 0 Å². The second-order valence-electron chi connectivity index (χ2n) is 4.45. The summed E-state index contributed by atoms with van der Waals surface area (Å²) in [5, 5.41) is 12.0. The summed E-state index contributed by atoms with van der Waals surface area (Å²) in [7, 11) is 1.56. The maximum absolute atomic E-state index is 12.1. The van der Waals surface area contributed by atoms with Gasteiger partial charge in [-0.05, 0) is 24.5 Å². The molecular weight excluding hydrogens is 286 g/mol. The molecule has 0 saturated heterocycles. The molecule has 1 aromatic rings. The van der Waals surface area contributed by atoms with Crippen molar-refractivity contribution in [2.75, 3.05) is 26.5 Å². The van der Waals surface area contributed by atoms with Crippen LogP contribution in [0.15, 0.2) is 18.2 Å². The van der Waals surface area contributed by atoms with Crippen LogP contribution in [0.1, 0.15) is 29.3 Å². The molecule has 114 valence electrons. The van der Waals surface area contributed by atoms with Gasteiger partial charge in [0.05, 0.1) is 19.3 Å². The van der Waals surface area contributed by atoms with Crippen molar-refractivity contribution in [1.82, 2.24) is 5.32 Å². The topological polar surface area (TPSA) is 58.6 Å². The molecule has 0 spiro atoms. The highest BCUT2D eigenvalue weighted by molar-refractivity contribution is 7.99. The van der Waals surface area contributed by atoms with E-state index in [4.69, 9.17) is 9.84 Å². The molecule has 0 saturated carbocycles. The molecule has 0 aliphatic rings. The second-order valence-corrected chi connectivity index (χ2v) is 5.72. The van der Waals surface area contributed by atoms with E-state index in [1.807, 2.05) is 6.26 Å². The van der Waals surface area contributed by atoms with E-state index in [0.29, 0.717) is 35.1 Å². The average Bonchev–Trinajstić information content (AvgIpc) is 2.52. The van der Waals surface area contributed by atoms with Crippen molar-refractivity contribution in [3.8, 4) is 17.6 Å². The molecule has 1 aromatic carbocycles. The number of hydrogen-bond donors (Lipinski definition) is 2. The minimum absolute atomic E-state index is 0.0159. The van der Waals surface area contributed by atoms with E-state index in [1.165, 1.54) is 0 Å². The molecule has 1 amide bonds. The van der Waals surface area contributed by atoms with Gasteiger partial charge in [-0.25, -0.2) is 0 Å². The van der Waals surface area contributed by atoms with Crippen molar-refractivity contribution in [3.05, 3.63) is 29.3 Å². The molecule has 5 heteroatoms. The van der Waals surface area contributed by atoms with Crippen LogP contribution in [0.5, 0.6) is 5.75 Å². The molecule has 0 aliphatic carbocycles. The van der Waals surface area contributed by atoms with Gasteiger partial charge in [0.25, 0.3) is 5.91 Å². The largest absolute Gasteiger partial charge is 0.495 e. The average molecular weight is 307 g/mol. The first-order chi connectivity index (χ1) is 10.1. The van der Waals surface area contributed by atoms with Crippen molar-refractivity contribution in [2.45, 2.75) is 18.6 Å². The molecule has 2 N–H and O–H groups in total. The first-order valence-electron chi connectivity index (χ1n) is 6.71. The Balaban J connectivity index is 2.87. The van der Waals surface area contributed by atoms with Gasteiger partial charge in [0.2, 0.25) is 0 Å². The van der Waals surface area contributed by atoms with Crippen LogP contribution < -0.4 is 10.1 Å². The van der Waals surface area contributed by atoms with Crippen LogP contribution in [0, 0.1) is 11.8 Å². The number of hydrogen-bond acceptors (Lipinski definition) is 4. The van der Waals surface area contributed by atoms with Crippen LogP contribution in [0.4, 0.5) is 0 Å². The fourth-order valence-electron chi connectivity index (χ4n) is 1.58. The first kappa shape index (κ1) is 17.4. The number of thioether (sulfide) groups is 1. The highest BCUT2D eigenvalue weighted by Crippen LogP contribution is 2.19. The smallest absolute Gasteiger partial charge is 0.251 e. The Morgan fingerprint density at radius 2 is 2.29 bits per heavy atom. The van der Waals surface area contributed by atoms with E-state index in [1.54, 1.807) is 37.1 Å². The van der Waals surface area contributed by atoms with Gasteiger partial charge in [-0.3, -0.25) is 4.79 Å². The Bertz CT molecular complexity index is 534. The third kappa shape index (κ3) is 5.70. The first-order valence-corrected chi connectivity index (χ1v) is 8.00. The molecule has 0 fully saturated rings. The fraction of sp³-hybridized carbons (Fsp3) is 0.438. The molecule has 0 aromatic heterocycles. The third-order valence-electron chi connectivity index (χ3n) is 2.87. The van der Waals surface area contributed by atoms with E-state index < -0.39 is 0 Å². The van der Waals surface area contributed by atoms with Gasteiger partial charge >= 0.3 is 0 Å². The monoisotopic (exact) mass is 307 g/mol. The highest BCUT2D eigenvalue weighted by Gasteiger charge is 2.10. The standard InChI is InChI=1S/C16H21NO3S/c1-12(21-3)11-17-16(19)14-7-8-15(20-2)13(10-14)6-4-5-9-18/h7-8,10,12,18H,5,9,11H2,1-3H3,(H,17,19). The molecule has 0 radical (unpaired) electrons. The van der Waals surface area contributed by atoms with Crippen molar-refractivity contribution in [2.24, 2.45) is 0 Å². The Morgan fingerprint density at radius 3 is 2.90 bits per heavy atom. The van der Waals surface area contributed by atoms with Crippen molar-refractivity contribution >= 4 is 17.7 Å². The Morgan fingerprint density at radius 1 is 1.52 bits per heavy atom. The normalized spacial score (nSPS) is 11.2. The zero-order valence-corrected chi connectivity index (χ0v) is 13.4. The van der Waals surface area contributed by atoms with Gasteiger partial charge in [-0.15, -0.1) is 0 Å². The Kier molecular flexibility index (Phi) is 7.73. The summed E-state index contributed by atoms with van der Waals surface area (Å²) >= 11 is 1.70. The summed E-state index contributed by atoms with van der Waals surface area (Å²) in [6, 6.07) is 5.16. The van der Waals surface area contributed by atoms with Crippen LogP contribution in [-0.4, -0.2) is 42.8 Å². The number of amides is 1. The third-order valence-corrected chi connectivity index (χ3v) is 3.85. The van der Waals surface area contributed by atoms with E-state index in [9.17, 15) is 4.79 Å². The van der Waals surface area contributed by atoms with E-state index in [2.05, 4.69) is 24.1 Å². The van der Waals surface area contributed by atoms with Crippen LogP contribution in [0.2, 0.25) is 0 Å². The lowest BCUT2D eigenvalue weighted by Gasteiger charge is -2.11. The summed E-state index contributed by atoms with van der Waals surface area (Å²) < 4.78 is 5.23. The number of aliphatic hydroxyl groups is 1. The summed E-state index contributed by atoms with van der Waals surface area (Å²) in [5.74, 6) is 6.25. The number of ether oxygens (including phenoxy) is 1. The lowest BCUT2D eigenvalue weighted by atomic mass is 10.1. The van der Waals surface area contributed by atoms with E-state index in [-0.39, 0.29) is 12.5 Å². The fourth-order valence-corrected chi connectivity index (χ4v) is 1.83. The van der Waals surface area contributed by atoms with Gasteiger partial charge in [-0.1, -0.05) is 18.8 Å². The van der Waals surface area contributed by atoms with Crippen LogP contribution in [0.3, 0.4) is 0 Å². The highest BCUT2D eigenvalue weighted by atomic mass is 32.2. The van der Waals surface area contributed by atoms with Crippen LogP contribution >= 0.6 is 11.8 Å². The predicted octanol–water partition coefficient (Wildman–Crippen LogP) is 1.91. The molecule has 1 rings (SSSR count). The number of carbonyl (C=O) groups is 1. The molecule has 0 bridgehead atoms. The zero-order chi connectivity index (χ0) is 15.7. The van der Waals surface area contributed by atoms with Crippen molar-refractivity contribution in [1.29, 1.82) is 0 Å². The van der Waals surface area contributed by atoms with Gasteiger partial charge in [0.1, 0.15) is 5.75 Å². The Labute approximate surface area is 130 Å². The summed E-state index contributed by atoms with van der Waals surface area (Å²) in [6.07, 6.45) is 2.41. The maximum Gasteiger partial charge on any atom is 0.251 e. The van der Waals surface area contributed by atoms with Crippen LogP contribution in [0.25, 0.3) is 0 Å². The van der Waals surface area contributed by atoms with E-state index >= 15 is 0 Å². The molecule has 0 heterocycles. The molecule has 21 heavy (non-hydrogen) atoms. The number of nitrogens with one attached hydrogen (secondary N) is 1. The minimum atomic E-state index is -0.122. The molecular formula is C16H21NO3S. The molecule has 0 aliphatic heterocycles.